The normalized spacial score (nSPS) is 11.1. The van der Waals surface area contributed by atoms with Gasteiger partial charge in [0.25, 0.3) is 0 Å². The maximum absolute atomic E-state index is 6.50. The van der Waals surface area contributed by atoms with Gasteiger partial charge in [-0.3, -0.25) is 0 Å². The van der Waals surface area contributed by atoms with Gasteiger partial charge in [-0.1, -0.05) is 212 Å². The second-order valence-corrected chi connectivity index (χ2v) is 22.4. The molecule has 246 valence electrons. The smallest absolute Gasteiger partial charge is 0.236 e. The topological polar surface area (TPSA) is 0 Å². The minimum atomic E-state index is -2.22. The molecule has 0 fully saturated rings. The average Bonchev–Trinajstić information content (AvgIpc) is 3.18. The van der Waals surface area contributed by atoms with Crippen molar-refractivity contribution in [2.45, 2.75) is 0 Å². The molecule has 0 unspecified atom stereocenters. The molecule has 0 N–H and O–H groups in total. The van der Waals surface area contributed by atoms with E-state index in [4.69, 9.17) is 23.6 Å². The first-order chi connectivity index (χ1) is 23.6. The van der Waals surface area contributed by atoms with E-state index in [9.17, 15) is 0 Å². The van der Waals surface area contributed by atoms with Crippen LogP contribution in [-0.2, 0) is 46.0 Å². The quantitative estimate of drug-likeness (QED) is 0.0808. The SMILES string of the molecule is S=P([CH-]P(=S)(c1ccccc1)c1ccccc1)(c1ccccc1)c1ccccc1.[Au+].c1ccc(P(c2ccccc2)c2ccccc2)cc1. The van der Waals surface area contributed by atoms with Gasteiger partial charge in [0.1, 0.15) is 0 Å². The second-order valence-electron chi connectivity index (χ2n) is 11.1. The Hall–Kier alpha value is -2.99. The van der Waals surface area contributed by atoms with Gasteiger partial charge in [-0.2, -0.15) is 0 Å². The Labute approximate surface area is 319 Å². The zero-order chi connectivity index (χ0) is 33.1. The Kier molecular flexibility index (Phi) is 13.9. The monoisotopic (exact) mass is 906 g/mol. The van der Waals surface area contributed by atoms with Crippen LogP contribution in [0.15, 0.2) is 212 Å². The molecule has 0 aliphatic heterocycles. The standard InChI is InChI=1S/C25H21P2S2.C18H15P.Au/c28-26(22-13-5-1-6-14-22,23-15-7-2-8-16-23)21-27(29,24-17-9-3-10-18-24)25-19-11-4-12-20-25;1-4-10-16(11-5-1)19(17-12-6-2-7-13-17)18-14-8-3-9-15-18;/h1-21H;1-15H;/q-1;;+1. The van der Waals surface area contributed by atoms with Crippen LogP contribution in [0.25, 0.3) is 0 Å². The number of hydrogen-bond acceptors (Lipinski definition) is 2. The Balaban J connectivity index is 0.000000203. The van der Waals surface area contributed by atoms with Crippen LogP contribution in [0, 0.1) is 5.90 Å². The van der Waals surface area contributed by atoms with Crippen molar-refractivity contribution in [2.24, 2.45) is 0 Å². The van der Waals surface area contributed by atoms with Gasteiger partial charge in [-0.25, -0.2) is 5.90 Å². The van der Waals surface area contributed by atoms with Crippen molar-refractivity contribution in [3.63, 3.8) is 0 Å². The molecule has 7 aromatic carbocycles. The van der Waals surface area contributed by atoms with Crippen molar-refractivity contribution >= 4 is 80.7 Å². The van der Waals surface area contributed by atoms with Crippen molar-refractivity contribution < 1.29 is 22.4 Å². The Morgan fingerprint density at radius 2 is 0.490 bits per heavy atom. The first-order valence-corrected chi connectivity index (χ1v) is 22.9. The predicted molar refractivity (Wildman–Crippen MR) is 222 cm³/mol. The van der Waals surface area contributed by atoms with Crippen molar-refractivity contribution in [1.82, 2.24) is 0 Å². The summed E-state index contributed by atoms with van der Waals surface area (Å²) in [5.41, 5.74) is 0. The molecule has 0 aromatic heterocycles. The molecule has 0 nitrogen and oxygen atoms in total. The fourth-order valence-electron chi connectivity index (χ4n) is 5.57. The van der Waals surface area contributed by atoms with E-state index in [0.29, 0.717) is 0 Å². The Bertz CT molecular complexity index is 1810. The van der Waals surface area contributed by atoms with Crippen LogP contribution in [0.3, 0.4) is 0 Å². The second kappa shape index (κ2) is 18.3. The van der Waals surface area contributed by atoms with Crippen molar-refractivity contribution in [2.75, 3.05) is 0 Å². The summed E-state index contributed by atoms with van der Waals surface area (Å²) in [4.78, 5) is 0. The first-order valence-electron chi connectivity index (χ1n) is 15.8. The molecule has 0 spiro atoms. The van der Waals surface area contributed by atoms with Crippen LogP contribution in [0.2, 0.25) is 0 Å². The zero-order valence-corrected chi connectivity index (χ0v) is 33.2. The Morgan fingerprint density at radius 1 is 0.306 bits per heavy atom. The van der Waals surface area contributed by atoms with Gasteiger partial charge < -0.3 is 0 Å². The third-order valence-electron chi connectivity index (χ3n) is 7.93. The van der Waals surface area contributed by atoms with E-state index in [1.807, 2.05) is 24.3 Å². The van der Waals surface area contributed by atoms with Crippen molar-refractivity contribution in [3.05, 3.63) is 218 Å². The van der Waals surface area contributed by atoms with E-state index in [-0.39, 0.29) is 22.4 Å². The predicted octanol–water partition coefficient (Wildman–Crippen LogP) is 8.81. The van der Waals surface area contributed by atoms with E-state index >= 15 is 0 Å². The molecule has 0 aliphatic carbocycles. The molecule has 0 amide bonds. The van der Waals surface area contributed by atoms with Crippen LogP contribution in [0.5, 0.6) is 0 Å². The minimum absolute atomic E-state index is 0. The van der Waals surface area contributed by atoms with Gasteiger partial charge in [-0.15, -0.1) is 35.7 Å². The summed E-state index contributed by atoms with van der Waals surface area (Å²) in [6.45, 7) is 0. The van der Waals surface area contributed by atoms with Gasteiger partial charge >= 0.3 is 22.4 Å². The fraction of sp³-hybridized carbons (Fsp3) is 0. The molecule has 0 saturated carbocycles. The number of benzene rings is 7. The molecular formula is C43H36AuP3S2. The average molecular weight is 907 g/mol. The molecule has 0 saturated heterocycles. The van der Waals surface area contributed by atoms with E-state index in [2.05, 4.69) is 194 Å². The molecule has 6 heteroatoms. The van der Waals surface area contributed by atoms with Crippen LogP contribution in [0.4, 0.5) is 0 Å². The summed E-state index contributed by atoms with van der Waals surface area (Å²) in [7, 11) is -0.446. The van der Waals surface area contributed by atoms with Gasteiger partial charge in [0.15, 0.2) is 0 Å². The fourth-order valence-corrected chi connectivity index (χ4v) is 19.4. The molecule has 7 aromatic rings. The van der Waals surface area contributed by atoms with E-state index < -0.39 is 20.0 Å². The molecule has 49 heavy (non-hydrogen) atoms. The maximum atomic E-state index is 6.50. The summed E-state index contributed by atoms with van der Waals surface area (Å²) in [6, 6.07) is 69.8. The van der Waals surface area contributed by atoms with Crippen LogP contribution < -0.4 is 37.1 Å². The third-order valence-corrected chi connectivity index (χ3v) is 21.5. The van der Waals surface area contributed by atoms with Crippen molar-refractivity contribution in [1.29, 1.82) is 0 Å². The molecule has 0 aliphatic rings. The van der Waals surface area contributed by atoms with E-state index in [1.54, 1.807) is 0 Å². The van der Waals surface area contributed by atoms with Crippen LogP contribution >= 0.6 is 20.0 Å². The Morgan fingerprint density at radius 3 is 0.694 bits per heavy atom. The first kappa shape index (κ1) is 37.3. The van der Waals surface area contributed by atoms with E-state index in [1.165, 1.54) is 37.1 Å². The van der Waals surface area contributed by atoms with Crippen molar-refractivity contribution in [3.8, 4) is 0 Å². The van der Waals surface area contributed by atoms with Gasteiger partial charge in [0.05, 0.1) is 0 Å². The molecular weight excluding hydrogens is 870 g/mol. The number of hydrogen-bond donors (Lipinski definition) is 0. The summed E-state index contributed by atoms with van der Waals surface area (Å²) < 4.78 is 0. The molecule has 0 heterocycles. The summed E-state index contributed by atoms with van der Waals surface area (Å²) in [5, 5.41) is 8.92. The van der Waals surface area contributed by atoms with E-state index in [0.717, 1.165) is 0 Å². The minimum Gasteiger partial charge on any atom is -0.236 e. The van der Waals surface area contributed by atoms with Gasteiger partial charge in [0, 0.05) is 0 Å². The number of rotatable bonds is 9. The van der Waals surface area contributed by atoms with Crippen LogP contribution in [-0.4, -0.2) is 0 Å². The zero-order valence-electron chi connectivity index (χ0n) is 26.7. The maximum Gasteiger partial charge on any atom is 1.00 e. The third kappa shape index (κ3) is 9.22. The summed E-state index contributed by atoms with van der Waals surface area (Å²) >= 11 is 13.0. The molecule has 0 radical (unpaired) electrons. The van der Waals surface area contributed by atoms with Gasteiger partial charge in [-0.05, 0) is 45.1 Å². The van der Waals surface area contributed by atoms with Gasteiger partial charge in [0.2, 0.25) is 0 Å². The molecule has 7 rings (SSSR count). The summed E-state index contributed by atoms with van der Waals surface area (Å²) in [5.74, 6) is 2.38. The largest absolute Gasteiger partial charge is 1.00 e. The molecule has 0 atom stereocenters. The van der Waals surface area contributed by atoms with Crippen LogP contribution in [0.1, 0.15) is 0 Å². The molecule has 0 bridgehead atoms. The summed E-state index contributed by atoms with van der Waals surface area (Å²) in [6.07, 6.45) is 0.